The van der Waals surface area contributed by atoms with Crippen LogP contribution in [0.3, 0.4) is 0 Å². The van der Waals surface area contributed by atoms with Gasteiger partial charge < -0.3 is 0 Å². The summed E-state index contributed by atoms with van der Waals surface area (Å²) in [6.07, 6.45) is -4.63. The first-order valence-electron chi connectivity index (χ1n) is 7.62. The Bertz CT molecular complexity index is 1010. The van der Waals surface area contributed by atoms with Crippen LogP contribution in [0.2, 0.25) is 10.0 Å². The highest BCUT2D eigenvalue weighted by molar-refractivity contribution is 8.00. The Hall–Kier alpha value is -1.81. The number of hydrogen-bond acceptors (Lipinski definition) is 5. The lowest BCUT2D eigenvalue weighted by atomic mass is 10.1. The van der Waals surface area contributed by atoms with E-state index in [1.54, 1.807) is 18.2 Å². The number of amides is 1. The van der Waals surface area contributed by atoms with E-state index in [1.807, 2.05) is 0 Å². The van der Waals surface area contributed by atoms with Crippen LogP contribution < -0.4 is 5.32 Å². The number of carbonyl (C=O) groups is 1. The van der Waals surface area contributed by atoms with Gasteiger partial charge >= 0.3 is 6.18 Å². The number of hydrogen-bond donors (Lipinski definition) is 1. The van der Waals surface area contributed by atoms with Crippen LogP contribution in [0.5, 0.6) is 0 Å². The normalized spacial score (nSPS) is 11.5. The summed E-state index contributed by atoms with van der Waals surface area (Å²) in [5.41, 5.74) is -0.646. The van der Waals surface area contributed by atoms with Gasteiger partial charge in [-0.15, -0.1) is 10.2 Å². The van der Waals surface area contributed by atoms with Gasteiger partial charge in [-0.3, -0.25) is 10.1 Å². The number of rotatable bonds is 5. The minimum absolute atomic E-state index is 0.103. The van der Waals surface area contributed by atoms with Crippen LogP contribution in [-0.2, 0) is 11.9 Å². The molecule has 3 rings (SSSR count). The Morgan fingerprint density at radius 1 is 1.14 bits per heavy atom. The molecule has 1 heterocycles. The van der Waals surface area contributed by atoms with E-state index < -0.39 is 23.2 Å². The van der Waals surface area contributed by atoms with Crippen molar-refractivity contribution in [3.8, 4) is 0 Å². The summed E-state index contributed by atoms with van der Waals surface area (Å²) in [7, 11) is 0. The Morgan fingerprint density at radius 2 is 1.89 bits per heavy atom. The third kappa shape index (κ3) is 5.16. The quantitative estimate of drug-likeness (QED) is 0.350. The molecule has 0 aliphatic carbocycles. The lowest BCUT2D eigenvalue weighted by Gasteiger charge is -2.11. The fraction of sp³-hybridized carbons (Fsp3) is 0.118. The molecule has 0 bridgehead atoms. The number of benzene rings is 2. The standard InChI is InChI=1S/C17H10Cl2F3N3OS2/c18-10-6-5-9(13(19)7-10)8-27-16-25-24-15(28-16)23-14(26)11-3-1-2-4-12(11)17(20,21)22/h1-7H,8H2,(H,23,24,26). The molecule has 1 N–H and O–H groups in total. The second-order valence-electron chi connectivity index (χ2n) is 5.39. The van der Waals surface area contributed by atoms with Crippen LogP contribution in [-0.4, -0.2) is 16.1 Å². The van der Waals surface area contributed by atoms with Crippen molar-refractivity contribution in [2.24, 2.45) is 0 Å². The lowest BCUT2D eigenvalue weighted by Crippen LogP contribution is -2.18. The summed E-state index contributed by atoms with van der Waals surface area (Å²) in [4.78, 5) is 12.2. The Balaban J connectivity index is 1.67. The molecular formula is C17H10Cl2F3N3OS2. The molecule has 146 valence electrons. The molecule has 1 aromatic heterocycles. The van der Waals surface area contributed by atoms with Crippen LogP contribution in [0.25, 0.3) is 0 Å². The number of nitrogens with zero attached hydrogens (tertiary/aromatic N) is 2. The summed E-state index contributed by atoms with van der Waals surface area (Å²) in [6.45, 7) is 0. The topological polar surface area (TPSA) is 54.9 Å². The summed E-state index contributed by atoms with van der Waals surface area (Å²) in [6, 6.07) is 9.68. The molecule has 0 atom stereocenters. The summed E-state index contributed by atoms with van der Waals surface area (Å²) in [5, 5.41) is 11.2. The van der Waals surface area contributed by atoms with Crippen molar-refractivity contribution in [2.75, 3.05) is 5.32 Å². The van der Waals surface area contributed by atoms with Gasteiger partial charge in [0.25, 0.3) is 5.91 Å². The molecule has 11 heteroatoms. The molecule has 2 aromatic carbocycles. The van der Waals surface area contributed by atoms with Gasteiger partial charge in [-0.25, -0.2) is 0 Å². The third-order valence-corrected chi connectivity index (χ3v) is 6.08. The predicted octanol–water partition coefficient (Wildman–Crippen LogP) is 6.41. The molecule has 0 unspecified atom stereocenters. The molecule has 4 nitrogen and oxygen atoms in total. The van der Waals surface area contributed by atoms with Gasteiger partial charge in [0, 0.05) is 15.8 Å². The van der Waals surface area contributed by atoms with E-state index in [-0.39, 0.29) is 5.13 Å². The first-order valence-corrected chi connectivity index (χ1v) is 10.2. The molecule has 0 fully saturated rings. The van der Waals surface area contributed by atoms with Gasteiger partial charge in [-0.05, 0) is 29.8 Å². The molecule has 0 saturated carbocycles. The smallest absolute Gasteiger partial charge is 0.296 e. The fourth-order valence-corrected chi connectivity index (χ4v) is 4.50. The van der Waals surface area contributed by atoms with Crippen molar-refractivity contribution in [1.29, 1.82) is 0 Å². The van der Waals surface area contributed by atoms with Crippen molar-refractivity contribution in [3.63, 3.8) is 0 Å². The number of carbonyl (C=O) groups excluding carboxylic acids is 1. The van der Waals surface area contributed by atoms with Crippen LogP contribution in [0.15, 0.2) is 46.8 Å². The number of alkyl halides is 3. The van der Waals surface area contributed by atoms with Crippen LogP contribution in [0.4, 0.5) is 18.3 Å². The highest BCUT2D eigenvalue weighted by atomic mass is 35.5. The van der Waals surface area contributed by atoms with E-state index in [1.165, 1.54) is 23.9 Å². The molecule has 0 aliphatic rings. The van der Waals surface area contributed by atoms with Crippen LogP contribution >= 0.6 is 46.3 Å². The SMILES string of the molecule is O=C(Nc1nnc(SCc2ccc(Cl)cc2Cl)s1)c1ccccc1C(F)(F)F. The van der Waals surface area contributed by atoms with Gasteiger partial charge in [-0.2, -0.15) is 13.2 Å². The molecular weight excluding hydrogens is 454 g/mol. The molecule has 0 aliphatic heterocycles. The van der Waals surface area contributed by atoms with Crippen LogP contribution in [0.1, 0.15) is 21.5 Å². The minimum Gasteiger partial charge on any atom is -0.296 e. The Labute approximate surface area is 176 Å². The van der Waals surface area contributed by atoms with Gasteiger partial charge in [-0.1, -0.05) is 64.5 Å². The number of thioether (sulfide) groups is 1. The highest BCUT2D eigenvalue weighted by Crippen LogP contribution is 2.34. The number of anilines is 1. The highest BCUT2D eigenvalue weighted by Gasteiger charge is 2.35. The first-order chi connectivity index (χ1) is 13.2. The second kappa shape index (κ2) is 8.69. The first kappa shape index (κ1) is 20.9. The number of halogens is 5. The summed E-state index contributed by atoms with van der Waals surface area (Å²) < 4.78 is 39.7. The fourth-order valence-electron chi connectivity index (χ4n) is 2.19. The van der Waals surface area contributed by atoms with Gasteiger partial charge in [0.05, 0.1) is 11.1 Å². The average molecular weight is 464 g/mol. The summed E-state index contributed by atoms with van der Waals surface area (Å²) >= 11 is 14.4. The van der Waals surface area contributed by atoms with E-state index in [2.05, 4.69) is 15.5 Å². The zero-order chi connectivity index (χ0) is 20.3. The zero-order valence-electron chi connectivity index (χ0n) is 13.8. The maximum absolute atomic E-state index is 13.0. The minimum atomic E-state index is -4.63. The van der Waals surface area contributed by atoms with Gasteiger partial charge in [0.1, 0.15) is 0 Å². The largest absolute Gasteiger partial charge is 0.417 e. The summed E-state index contributed by atoms with van der Waals surface area (Å²) in [5.74, 6) is -0.406. The predicted molar refractivity (Wildman–Crippen MR) is 105 cm³/mol. The maximum Gasteiger partial charge on any atom is 0.417 e. The molecule has 28 heavy (non-hydrogen) atoms. The van der Waals surface area contributed by atoms with E-state index in [4.69, 9.17) is 23.2 Å². The van der Waals surface area contributed by atoms with E-state index in [0.29, 0.717) is 20.1 Å². The second-order valence-corrected chi connectivity index (χ2v) is 8.44. The Morgan fingerprint density at radius 3 is 2.61 bits per heavy atom. The van der Waals surface area contributed by atoms with E-state index >= 15 is 0 Å². The molecule has 3 aromatic rings. The molecule has 0 spiro atoms. The van der Waals surface area contributed by atoms with Crippen molar-refractivity contribution in [1.82, 2.24) is 10.2 Å². The number of nitrogens with one attached hydrogen (secondary N) is 1. The molecule has 1 amide bonds. The van der Waals surface area contributed by atoms with Crippen molar-refractivity contribution in [2.45, 2.75) is 16.3 Å². The van der Waals surface area contributed by atoms with Crippen molar-refractivity contribution < 1.29 is 18.0 Å². The lowest BCUT2D eigenvalue weighted by molar-refractivity contribution is -0.137. The van der Waals surface area contributed by atoms with Crippen molar-refractivity contribution >= 4 is 57.3 Å². The molecule has 0 radical (unpaired) electrons. The monoisotopic (exact) mass is 463 g/mol. The average Bonchev–Trinajstić information content (AvgIpc) is 3.07. The zero-order valence-corrected chi connectivity index (χ0v) is 16.9. The maximum atomic E-state index is 13.0. The number of aromatic nitrogens is 2. The van der Waals surface area contributed by atoms with E-state index in [0.717, 1.165) is 29.0 Å². The Kier molecular flexibility index (Phi) is 6.49. The van der Waals surface area contributed by atoms with E-state index in [9.17, 15) is 18.0 Å². The molecule has 0 saturated heterocycles. The van der Waals surface area contributed by atoms with Gasteiger partial charge in [0.15, 0.2) is 4.34 Å². The third-order valence-electron chi connectivity index (χ3n) is 3.47. The van der Waals surface area contributed by atoms with Crippen LogP contribution in [0, 0.1) is 0 Å². The van der Waals surface area contributed by atoms with Gasteiger partial charge in [0.2, 0.25) is 5.13 Å². The van der Waals surface area contributed by atoms with Crippen molar-refractivity contribution in [3.05, 3.63) is 69.2 Å².